The van der Waals surface area contributed by atoms with Crippen LogP contribution in [0.4, 0.5) is 0 Å². The summed E-state index contributed by atoms with van der Waals surface area (Å²) in [6.45, 7) is 4.49. The Labute approximate surface area is 536 Å². The number of aliphatic hydroxyl groups is 1. The number of phosphoric ester groups is 1. The minimum Gasteiger partial charge on any atom is -0.756 e. The fourth-order valence-electron chi connectivity index (χ4n) is 9.27. The number of nitrogens with one attached hydrogen (secondary N) is 1. The van der Waals surface area contributed by atoms with E-state index in [1.54, 1.807) is 6.08 Å². The normalized spacial score (nSPS) is 14.7. The van der Waals surface area contributed by atoms with Gasteiger partial charge in [-0.1, -0.05) is 306 Å². The summed E-state index contributed by atoms with van der Waals surface area (Å²) in [5.74, 6) is -0.237. The Morgan fingerprint density at radius 3 is 1.07 bits per heavy atom. The molecule has 0 aromatic carbocycles. The predicted octanol–water partition coefficient (Wildman–Crippen LogP) is 22.1. The maximum Gasteiger partial charge on any atom is 0.268 e. The second kappa shape index (κ2) is 66.3. The van der Waals surface area contributed by atoms with E-state index in [-0.39, 0.29) is 12.5 Å². The molecule has 0 spiro atoms. The Morgan fingerprint density at radius 1 is 0.414 bits per heavy atom. The van der Waals surface area contributed by atoms with Crippen molar-refractivity contribution >= 4 is 13.7 Å². The molecular formula is C78H131N2O6P. The maximum absolute atomic E-state index is 13.0. The first-order valence-electron chi connectivity index (χ1n) is 35.0. The summed E-state index contributed by atoms with van der Waals surface area (Å²) < 4.78 is 23.4. The van der Waals surface area contributed by atoms with E-state index >= 15 is 0 Å². The van der Waals surface area contributed by atoms with E-state index < -0.39 is 26.6 Å². The Bertz CT molecular complexity index is 2020. The van der Waals surface area contributed by atoms with Crippen molar-refractivity contribution < 1.29 is 32.9 Å². The topological polar surface area (TPSA) is 108 Å². The van der Waals surface area contributed by atoms with E-state index in [1.165, 1.54) is 116 Å². The molecule has 0 aliphatic rings. The molecule has 494 valence electrons. The molecule has 0 radical (unpaired) electrons. The van der Waals surface area contributed by atoms with Crippen LogP contribution in [0.3, 0.4) is 0 Å². The number of allylic oxidation sites excluding steroid dienone is 27. The number of amides is 1. The zero-order chi connectivity index (χ0) is 63.4. The Kier molecular flexibility index (Phi) is 63.1. The molecule has 0 saturated carbocycles. The van der Waals surface area contributed by atoms with E-state index in [2.05, 4.69) is 177 Å². The summed E-state index contributed by atoms with van der Waals surface area (Å²) in [5.41, 5.74) is 0. The molecule has 0 aromatic rings. The van der Waals surface area contributed by atoms with Crippen LogP contribution in [0, 0.1) is 0 Å². The van der Waals surface area contributed by atoms with Crippen molar-refractivity contribution in [2.75, 3.05) is 40.9 Å². The highest BCUT2D eigenvalue weighted by Gasteiger charge is 2.23. The highest BCUT2D eigenvalue weighted by molar-refractivity contribution is 7.45. The fraction of sp³-hybridized carbons (Fsp3) is 0.628. The number of nitrogens with zero attached hydrogens (tertiary/aromatic N) is 1. The molecule has 2 N–H and O–H groups in total. The van der Waals surface area contributed by atoms with Crippen molar-refractivity contribution in [3.05, 3.63) is 170 Å². The summed E-state index contributed by atoms with van der Waals surface area (Å²) in [5, 5.41) is 13.9. The smallest absolute Gasteiger partial charge is 0.268 e. The molecule has 3 unspecified atom stereocenters. The number of carbonyl (C=O) groups is 1. The van der Waals surface area contributed by atoms with Crippen LogP contribution in [-0.4, -0.2) is 68.5 Å². The summed E-state index contributed by atoms with van der Waals surface area (Å²) in [6.07, 6.45) is 105. The van der Waals surface area contributed by atoms with Crippen LogP contribution in [0.5, 0.6) is 0 Å². The predicted molar refractivity (Wildman–Crippen MR) is 380 cm³/mol. The van der Waals surface area contributed by atoms with Crippen LogP contribution in [0.25, 0.3) is 0 Å². The largest absolute Gasteiger partial charge is 0.756 e. The first-order chi connectivity index (χ1) is 42.5. The number of carbonyl (C=O) groups excluding carboxylic acids is 1. The molecule has 0 rings (SSSR count). The lowest BCUT2D eigenvalue weighted by Gasteiger charge is -2.29. The quantitative estimate of drug-likeness (QED) is 0.0272. The molecule has 87 heavy (non-hydrogen) atoms. The van der Waals surface area contributed by atoms with Crippen LogP contribution >= 0.6 is 7.82 Å². The number of aliphatic hydroxyl groups excluding tert-OH is 1. The molecule has 0 saturated heterocycles. The van der Waals surface area contributed by atoms with Gasteiger partial charge < -0.3 is 28.8 Å². The molecule has 8 nitrogen and oxygen atoms in total. The Hall–Kier alpha value is -4.14. The molecule has 1 amide bonds. The van der Waals surface area contributed by atoms with Crippen LogP contribution in [0.1, 0.15) is 264 Å². The third-order valence-corrected chi connectivity index (χ3v) is 15.6. The van der Waals surface area contributed by atoms with E-state index in [0.29, 0.717) is 23.9 Å². The molecule has 0 aliphatic heterocycles. The number of hydrogen-bond acceptors (Lipinski definition) is 6. The second-order valence-corrected chi connectivity index (χ2v) is 25.6. The minimum absolute atomic E-state index is 0.0204. The number of likely N-dealkylation sites (N-methyl/N-ethyl adjacent to an activating group) is 1. The van der Waals surface area contributed by atoms with Gasteiger partial charge in [0.05, 0.1) is 39.9 Å². The van der Waals surface area contributed by atoms with Crippen LogP contribution in [-0.2, 0) is 18.4 Å². The molecular weight excluding hydrogens is 1090 g/mol. The zero-order valence-electron chi connectivity index (χ0n) is 56.4. The van der Waals surface area contributed by atoms with E-state index in [1.807, 2.05) is 27.2 Å². The van der Waals surface area contributed by atoms with Gasteiger partial charge >= 0.3 is 0 Å². The molecule has 0 bridgehead atoms. The van der Waals surface area contributed by atoms with Gasteiger partial charge in [-0.05, 0) is 122 Å². The monoisotopic (exact) mass is 1220 g/mol. The molecule has 0 fully saturated rings. The Morgan fingerprint density at radius 2 is 0.713 bits per heavy atom. The average Bonchev–Trinajstić information content (AvgIpc) is 3.71. The maximum atomic E-state index is 13.0. The fourth-order valence-corrected chi connectivity index (χ4v) is 9.99. The lowest BCUT2D eigenvalue weighted by Crippen LogP contribution is -2.45. The number of quaternary nitrogens is 1. The summed E-state index contributed by atoms with van der Waals surface area (Å²) in [7, 11) is 1.20. The van der Waals surface area contributed by atoms with E-state index in [9.17, 15) is 19.4 Å². The third-order valence-electron chi connectivity index (χ3n) is 14.7. The number of phosphoric acid groups is 1. The van der Waals surface area contributed by atoms with Gasteiger partial charge in [-0.2, -0.15) is 0 Å². The Balaban J connectivity index is 4.24. The SMILES string of the molecule is CC/C=C\C/C=C\C/C=C\C/C=C\C/C=C\C/C=C\C/C=C\C/C=C\C/C=C\C/C=C\C/C=C\C/C=C\CCCCCCC(=O)NC(COP(=O)([O-])OCC[N+](C)(C)C)C(O)/C=C/CC/C=C/CCCCCCCCCCCCCCCCCCCC. The molecule has 0 aromatic heterocycles. The highest BCUT2D eigenvalue weighted by atomic mass is 31.2. The third kappa shape index (κ3) is 69.2. The van der Waals surface area contributed by atoms with Crippen molar-refractivity contribution in [3.63, 3.8) is 0 Å². The molecule has 9 heteroatoms. The van der Waals surface area contributed by atoms with Crippen molar-refractivity contribution in [2.45, 2.75) is 276 Å². The van der Waals surface area contributed by atoms with Crippen molar-refractivity contribution in [1.29, 1.82) is 0 Å². The van der Waals surface area contributed by atoms with Gasteiger partial charge in [0, 0.05) is 6.42 Å². The first-order valence-corrected chi connectivity index (χ1v) is 36.5. The molecule has 0 aliphatic carbocycles. The van der Waals surface area contributed by atoms with E-state index in [4.69, 9.17) is 9.05 Å². The minimum atomic E-state index is -4.63. The standard InChI is InChI=1S/C78H131N2O6P/c1-6-8-10-12-14-16-18-20-22-24-26-28-30-32-33-34-35-36-37-38-39-40-41-42-43-44-45-46-47-48-50-52-54-56-58-60-62-64-66-68-70-72-78(82)79-76(75-86-87(83,84)85-74-73-80(3,4)5)77(81)71-69-67-65-63-61-59-57-55-53-51-49-31-29-27-25-23-21-19-17-15-13-11-9-7-2/h8,10,14,16,20,22,26,28,32-33,35-36,38-39,41-42,44-45,47-48,52,54,58,60-61,63,69,71,76-77,81H,6-7,9,11-13,15,17-19,21,23-25,27,29-31,34,37,40,43,46,49-51,53,55-57,59,62,64-68,70,72-75H2,1-5H3,(H-,79,82,83,84)/b10-8-,16-14-,22-20-,28-26-,33-32-,36-35-,39-38-,42-41-,45-44-,48-47-,54-52-,60-58-,63-61+,71-69+. The van der Waals surface area contributed by atoms with Crippen molar-refractivity contribution in [2.24, 2.45) is 0 Å². The number of hydrogen-bond donors (Lipinski definition) is 2. The van der Waals surface area contributed by atoms with Crippen molar-refractivity contribution in [3.8, 4) is 0 Å². The van der Waals surface area contributed by atoms with Gasteiger partial charge in [0.25, 0.3) is 7.82 Å². The van der Waals surface area contributed by atoms with E-state index in [0.717, 1.165) is 122 Å². The average molecular weight is 1220 g/mol. The number of rotatable bonds is 62. The van der Waals surface area contributed by atoms with Crippen LogP contribution < -0.4 is 10.2 Å². The first kappa shape index (κ1) is 82.9. The van der Waals surface area contributed by atoms with Gasteiger partial charge in [-0.15, -0.1) is 0 Å². The lowest BCUT2D eigenvalue weighted by atomic mass is 10.0. The summed E-state index contributed by atoms with van der Waals surface area (Å²) in [4.78, 5) is 25.6. The van der Waals surface area contributed by atoms with Gasteiger partial charge in [-0.3, -0.25) is 9.36 Å². The summed E-state index contributed by atoms with van der Waals surface area (Å²) >= 11 is 0. The number of unbranched alkanes of at least 4 members (excludes halogenated alkanes) is 23. The van der Waals surface area contributed by atoms with Gasteiger partial charge in [0.2, 0.25) is 5.91 Å². The molecule has 3 atom stereocenters. The van der Waals surface area contributed by atoms with Crippen LogP contribution in [0.15, 0.2) is 170 Å². The van der Waals surface area contributed by atoms with Gasteiger partial charge in [0.15, 0.2) is 0 Å². The lowest BCUT2D eigenvalue weighted by molar-refractivity contribution is -0.870. The van der Waals surface area contributed by atoms with Crippen molar-refractivity contribution in [1.82, 2.24) is 5.32 Å². The van der Waals surface area contributed by atoms with Crippen LogP contribution in [0.2, 0.25) is 0 Å². The van der Waals surface area contributed by atoms with Gasteiger partial charge in [0.1, 0.15) is 13.2 Å². The summed E-state index contributed by atoms with van der Waals surface area (Å²) in [6, 6.07) is -0.932. The van der Waals surface area contributed by atoms with Gasteiger partial charge in [-0.25, -0.2) is 0 Å². The highest BCUT2D eigenvalue weighted by Crippen LogP contribution is 2.38. The second-order valence-electron chi connectivity index (χ2n) is 24.1. The molecule has 0 heterocycles. The zero-order valence-corrected chi connectivity index (χ0v) is 57.3.